The Labute approximate surface area is 320 Å². The van der Waals surface area contributed by atoms with E-state index in [1.54, 1.807) is 0 Å². The summed E-state index contributed by atoms with van der Waals surface area (Å²) in [7, 11) is 0. The molecule has 0 amide bonds. The summed E-state index contributed by atoms with van der Waals surface area (Å²) >= 11 is 0. The van der Waals surface area contributed by atoms with Crippen LogP contribution in [0.15, 0.2) is 185 Å². The highest BCUT2D eigenvalue weighted by atomic mass is 16.3. The molecule has 262 valence electrons. The van der Waals surface area contributed by atoms with Crippen LogP contribution >= 0.6 is 0 Å². The van der Waals surface area contributed by atoms with E-state index < -0.39 is 0 Å². The third kappa shape index (κ3) is 5.49. The van der Waals surface area contributed by atoms with E-state index in [2.05, 4.69) is 54.6 Å². The van der Waals surface area contributed by atoms with E-state index in [-0.39, 0.29) is 0 Å². The fourth-order valence-corrected chi connectivity index (χ4v) is 7.38. The van der Waals surface area contributed by atoms with Crippen molar-refractivity contribution in [3.05, 3.63) is 176 Å². The Bertz CT molecular complexity index is 3190. The molecule has 0 unspecified atom stereocenters. The van der Waals surface area contributed by atoms with Gasteiger partial charge in [0.25, 0.3) is 0 Å². The van der Waals surface area contributed by atoms with Gasteiger partial charge in [-0.1, -0.05) is 127 Å². The van der Waals surface area contributed by atoms with Crippen molar-refractivity contribution in [1.82, 2.24) is 24.9 Å². The van der Waals surface area contributed by atoms with Crippen molar-refractivity contribution in [2.24, 2.45) is 0 Å². The summed E-state index contributed by atoms with van der Waals surface area (Å²) in [5.74, 6) is 2.48. The average Bonchev–Trinajstić information content (AvgIpc) is 3.84. The minimum absolute atomic E-state index is 0.599. The molecule has 0 aliphatic heterocycles. The highest BCUT2D eigenvalue weighted by molar-refractivity contribution is 6.08. The summed E-state index contributed by atoms with van der Waals surface area (Å²) in [6.07, 6.45) is 0. The molecule has 0 atom stereocenters. The van der Waals surface area contributed by atoms with Gasteiger partial charge in [0.2, 0.25) is 0 Å². The Kier molecular flexibility index (Phi) is 7.35. The number of aromatic nitrogens is 5. The van der Waals surface area contributed by atoms with Crippen molar-refractivity contribution in [3.8, 4) is 67.9 Å². The minimum Gasteiger partial charge on any atom is -0.456 e. The topological polar surface area (TPSA) is 90.7 Å². The zero-order valence-corrected chi connectivity index (χ0v) is 29.8. The first-order valence-corrected chi connectivity index (χ1v) is 18.4. The van der Waals surface area contributed by atoms with Crippen molar-refractivity contribution in [1.29, 1.82) is 0 Å². The zero-order chi connectivity index (χ0) is 37.0. The summed E-state index contributed by atoms with van der Waals surface area (Å²) < 4.78 is 12.8. The maximum atomic E-state index is 6.46. The van der Waals surface area contributed by atoms with E-state index in [1.807, 2.05) is 121 Å². The molecule has 0 aliphatic rings. The van der Waals surface area contributed by atoms with Gasteiger partial charge >= 0.3 is 0 Å². The fourth-order valence-electron chi connectivity index (χ4n) is 7.38. The van der Waals surface area contributed by atoms with Gasteiger partial charge in [-0.15, -0.1) is 0 Å². The molecule has 11 rings (SSSR count). The molecule has 11 aromatic rings. The van der Waals surface area contributed by atoms with Crippen LogP contribution in [0.25, 0.3) is 112 Å². The maximum absolute atomic E-state index is 6.46. The standard InChI is InChI=1S/C49H29N5O2/c1-4-13-30(14-5-1)43-45-44(38-21-10-11-22-40(38)56-45)51-48(50-43)35-20-12-19-33(27-35)34-23-25-37-39-28-36(24-26-41(39)55-42(37)29-34)49-53-46(31-15-6-2-7-16-31)52-47(54-49)32-17-8-3-9-18-32/h1-29H. The number of hydrogen-bond donors (Lipinski definition) is 0. The zero-order valence-electron chi connectivity index (χ0n) is 29.8. The van der Waals surface area contributed by atoms with Crippen LogP contribution in [0, 0.1) is 0 Å². The first-order valence-electron chi connectivity index (χ1n) is 18.4. The predicted molar refractivity (Wildman–Crippen MR) is 223 cm³/mol. The largest absolute Gasteiger partial charge is 0.456 e. The first-order chi connectivity index (χ1) is 27.7. The molecular formula is C49H29N5O2. The Hall–Kier alpha value is -7.77. The van der Waals surface area contributed by atoms with Gasteiger partial charge in [-0.3, -0.25) is 0 Å². The third-order valence-corrected chi connectivity index (χ3v) is 10.1. The van der Waals surface area contributed by atoms with Gasteiger partial charge in [0, 0.05) is 44.0 Å². The van der Waals surface area contributed by atoms with E-state index in [0.29, 0.717) is 28.9 Å². The average molecular weight is 720 g/mol. The van der Waals surface area contributed by atoms with Crippen molar-refractivity contribution in [2.45, 2.75) is 0 Å². The summed E-state index contributed by atoms with van der Waals surface area (Å²) in [5.41, 5.74) is 11.3. The van der Waals surface area contributed by atoms with Crippen molar-refractivity contribution in [3.63, 3.8) is 0 Å². The summed E-state index contributed by atoms with van der Waals surface area (Å²) in [6, 6.07) is 58.9. The molecule has 0 saturated carbocycles. The molecular weight excluding hydrogens is 691 g/mol. The number of hydrogen-bond acceptors (Lipinski definition) is 7. The van der Waals surface area contributed by atoms with Crippen LogP contribution in [0.2, 0.25) is 0 Å². The molecule has 4 aromatic heterocycles. The molecule has 0 saturated heterocycles. The molecule has 7 heteroatoms. The van der Waals surface area contributed by atoms with Gasteiger partial charge in [0.05, 0.1) is 0 Å². The second-order valence-electron chi connectivity index (χ2n) is 13.7. The van der Waals surface area contributed by atoms with Crippen LogP contribution in [0.3, 0.4) is 0 Å². The van der Waals surface area contributed by atoms with Crippen LogP contribution in [0.4, 0.5) is 0 Å². The van der Waals surface area contributed by atoms with Gasteiger partial charge in [-0.2, -0.15) is 0 Å². The van der Waals surface area contributed by atoms with Gasteiger partial charge in [0.15, 0.2) is 28.9 Å². The van der Waals surface area contributed by atoms with Crippen LogP contribution < -0.4 is 0 Å². The summed E-state index contributed by atoms with van der Waals surface area (Å²) in [5, 5.41) is 2.96. The lowest BCUT2D eigenvalue weighted by Gasteiger charge is -2.08. The SMILES string of the molecule is c1ccc(-c2nc(-c3ccccc3)nc(-c3ccc4oc5cc(-c6cccc(-c7nc(-c8ccccc8)c8oc9ccccc9c8n7)c6)ccc5c4c3)n2)cc1. The molecule has 56 heavy (non-hydrogen) atoms. The highest BCUT2D eigenvalue weighted by Gasteiger charge is 2.19. The fraction of sp³-hybridized carbons (Fsp3) is 0. The number of nitrogens with zero attached hydrogens (tertiary/aromatic N) is 5. The Morgan fingerprint density at radius 2 is 0.821 bits per heavy atom. The molecule has 7 nitrogen and oxygen atoms in total. The van der Waals surface area contributed by atoms with Gasteiger partial charge in [0.1, 0.15) is 28.0 Å². The van der Waals surface area contributed by atoms with Crippen molar-refractivity contribution >= 4 is 44.0 Å². The number of benzene rings is 7. The monoisotopic (exact) mass is 719 g/mol. The molecule has 0 N–H and O–H groups in total. The van der Waals surface area contributed by atoms with Gasteiger partial charge in [-0.05, 0) is 59.7 Å². The normalized spacial score (nSPS) is 11.6. The highest BCUT2D eigenvalue weighted by Crippen LogP contribution is 2.38. The number of para-hydroxylation sites is 1. The molecule has 0 aliphatic carbocycles. The lowest BCUT2D eigenvalue weighted by molar-refractivity contribution is 0.667. The smallest absolute Gasteiger partial charge is 0.180 e. The first kappa shape index (κ1) is 31.7. The maximum Gasteiger partial charge on any atom is 0.180 e. The van der Waals surface area contributed by atoms with E-state index in [9.17, 15) is 0 Å². The molecule has 0 radical (unpaired) electrons. The van der Waals surface area contributed by atoms with Crippen LogP contribution in [0.5, 0.6) is 0 Å². The van der Waals surface area contributed by atoms with E-state index in [1.165, 1.54) is 0 Å². The van der Waals surface area contributed by atoms with Gasteiger partial charge in [-0.25, -0.2) is 24.9 Å². The van der Waals surface area contributed by atoms with Gasteiger partial charge < -0.3 is 8.83 Å². The Morgan fingerprint density at radius 1 is 0.286 bits per heavy atom. The molecule has 0 spiro atoms. The van der Waals surface area contributed by atoms with Crippen LogP contribution in [0.1, 0.15) is 0 Å². The predicted octanol–water partition coefficient (Wildman–Crippen LogP) is 12.5. The quantitative estimate of drug-likeness (QED) is 0.169. The van der Waals surface area contributed by atoms with Crippen LogP contribution in [-0.2, 0) is 0 Å². The van der Waals surface area contributed by atoms with E-state index in [0.717, 1.165) is 83.1 Å². The summed E-state index contributed by atoms with van der Waals surface area (Å²) in [4.78, 5) is 24.9. The Morgan fingerprint density at radius 3 is 1.55 bits per heavy atom. The lowest BCUT2D eigenvalue weighted by Crippen LogP contribution is -2.00. The number of furan rings is 2. The second-order valence-corrected chi connectivity index (χ2v) is 13.7. The second kappa shape index (κ2) is 13.0. The minimum atomic E-state index is 0.599. The van der Waals surface area contributed by atoms with E-state index >= 15 is 0 Å². The molecule has 4 heterocycles. The lowest BCUT2D eigenvalue weighted by atomic mass is 10.0. The van der Waals surface area contributed by atoms with Crippen molar-refractivity contribution in [2.75, 3.05) is 0 Å². The number of fused-ring (bicyclic) bond motifs is 6. The number of rotatable bonds is 6. The molecule has 0 fully saturated rings. The third-order valence-electron chi connectivity index (χ3n) is 10.1. The summed E-state index contributed by atoms with van der Waals surface area (Å²) in [6.45, 7) is 0. The molecule has 0 bridgehead atoms. The Balaban J connectivity index is 0.990. The van der Waals surface area contributed by atoms with Crippen LogP contribution in [-0.4, -0.2) is 24.9 Å². The molecule has 7 aromatic carbocycles. The van der Waals surface area contributed by atoms with Crippen molar-refractivity contribution < 1.29 is 8.83 Å². The van der Waals surface area contributed by atoms with E-state index in [4.69, 9.17) is 33.8 Å².